The molecule has 1 fully saturated rings. The average Bonchev–Trinajstić information content (AvgIpc) is 3.11. The minimum Gasteiger partial charge on any atom is -0.372 e. The molecular formula is C21H19Cl3N4O2. The van der Waals surface area contributed by atoms with Gasteiger partial charge >= 0.3 is 0 Å². The summed E-state index contributed by atoms with van der Waals surface area (Å²) in [4.78, 5) is 19.4. The molecular weight excluding hydrogens is 447 g/mol. The largest absolute Gasteiger partial charge is 0.372 e. The summed E-state index contributed by atoms with van der Waals surface area (Å²) in [6, 6.07) is 8.55. The Kier molecular flexibility index (Phi) is 6.02. The molecule has 1 aliphatic rings. The fraction of sp³-hybridized carbons (Fsp3) is 0.286. The number of aromatic nitrogens is 3. The van der Waals surface area contributed by atoms with E-state index in [-0.39, 0.29) is 18.1 Å². The van der Waals surface area contributed by atoms with Gasteiger partial charge in [-0.15, -0.1) is 0 Å². The first-order chi connectivity index (χ1) is 14.3. The SMILES string of the molecule is CC1CN(C(=O)c2cc(-c3cccnc3)nn2-c2c(Cl)cc(Cl)cc2Cl)CC(C)O1. The molecule has 30 heavy (non-hydrogen) atoms. The first-order valence-corrected chi connectivity index (χ1v) is 10.6. The van der Waals surface area contributed by atoms with E-state index in [4.69, 9.17) is 39.5 Å². The summed E-state index contributed by atoms with van der Waals surface area (Å²) in [5.41, 5.74) is 2.11. The number of pyridine rings is 1. The van der Waals surface area contributed by atoms with Crippen molar-refractivity contribution in [1.29, 1.82) is 0 Å². The van der Waals surface area contributed by atoms with Crippen molar-refractivity contribution in [2.75, 3.05) is 13.1 Å². The number of halogens is 3. The maximum atomic E-state index is 13.5. The van der Waals surface area contributed by atoms with Gasteiger partial charge in [0, 0.05) is 36.1 Å². The van der Waals surface area contributed by atoms with Gasteiger partial charge < -0.3 is 9.64 Å². The zero-order valence-corrected chi connectivity index (χ0v) is 18.6. The first-order valence-electron chi connectivity index (χ1n) is 9.43. The molecule has 0 N–H and O–H groups in total. The van der Waals surface area contributed by atoms with E-state index in [1.54, 1.807) is 35.5 Å². The zero-order valence-electron chi connectivity index (χ0n) is 16.3. The summed E-state index contributed by atoms with van der Waals surface area (Å²) in [6.07, 6.45) is 3.24. The number of morpholine rings is 1. The van der Waals surface area contributed by atoms with Crippen molar-refractivity contribution in [2.45, 2.75) is 26.1 Å². The molecule has 1 amide bonds. The number of ether oxygens (including phenoxy) is 1. The minimum absolute atomic E-state index is 0.0606. The maximum absolute atomic E-state index is 13.5. The van der Waals surface area contributed by atoms with Crippen molar-refractivity contribution in [2.24, 2.45) is 0 Å². The highest BCUT2D eigenvalue weighted by Crippen LogP contribution is 2.34. The molecule has 156 valence electrons. The Morgan fingerprint density at radius 1 is 1.10 bits per heavy atom. The smallest absolute Gasteiger partial charge is 0.272 e. The van der Waals surface area contributed by atoms with Crippen LogP contribution in [0.2, 0.25) is 15.1 Å². The fourth-order valence-electron chi connectivity index (χ4n) is 3.60. The topological polar surface area (TPSA) is 60.2 Å². The van der Waals surface area contributed by atoms with Crippen molar-refractivity contribution < 1.29 is 9.53 Å². The summed E-state index contributed by atoms with van der Waals surface area (Å²) in [5.74, 6) is -0.179. The second-order valence-electron chi connectivity index (χ2n) is 7.25. The standard InChI is InChI=1S/C21H19Cl3N4O2/c1-12-10-27(11-13(2)30-12)21(29)19-8-18(14-4-3-5-25-9-14)26-28(19)20-16(23)6-15(22)7-17(20)24/h3-9,12-13H,10-11H2,1-2H3. The van der Waals surface area contributed by atoms with Gasteiger partial charge in [0.25, 0.3) is 5.91 Å². The lowest BCUT2D eigenvalue weighted by atomic mass is 10.2. The Bertz CT molecular complexity index is 1050. The molecule has 0 saturated carbocycles. The third kappa shape index (κ3) is 4.18. The van der Waals surface area contributed by atoms with E-state index in [1.165, 1.54) is 4.68 Å². The molecule has 4 rings (SSSR count). The minimum atomic E-state index is -0.179. The van der Waals surface area contributed by atoms with E-state index in [0.717, 1.165) is 5.56 Å². The zero-order chi connectivity index (χ0) is 21.4. The van der Waals surface area contributed by atoms with Gasteiger partial charge in [-0.05, 0) is 44.2 Å². The highest BCUT2D eigenvalue weighted by molar-refractivity contribution is 6.40. The second kappa shape index (κ2) is 8.55. The summed E-state index contributed by atoms with van der Waals surface area (Å²) in [5, 5.41) is 5.64. The van der Waals surface area contributed by atoms with Gasteiger partial charge in [0.2, 0.25) is 0 Å². The Balaban J connectivity index is 1.85. The van der Waals surface area contributed by atoms with E-state index >= 15 is 0 Å². The third-order valence-corrected chi connectivity index (χ3v) is 5.58. The highest BCUT2D eigenvalue weighted by atomic mass is 35.5. The van der Waals surface area contributed by atoms with Crippen LogP contribution < -0.4 is 0 Å². The van der Waals surface area contributed by atoms with Crippen LogP contribution in [-0.4, -0.2) is 50.9 Å². The normalized spacial score (nSPS) is 19.2. The van der Waals surface area contributed by atoms with Crippen molar-refractivity contribution >= 4 is 40.7 Å². The van der Waals surface area contributed by atoms with Gasteiger partial charge in [-0.2, -0.15) is 5.10 Å². The molecule has 0 radical (unpaired) electrons. The second-order valence-corrected chi connectivity index (χ2v) is 8.50. The van der Waals surface area contributed by atoms with Crippen molar-refractivity contribution in [3.63, 3.8) is 0 Å². The molecule has 1 aliphatic heterocycles. The number of benzene rings is 1. The van der Waals surface area contributed by atoms with Crippen LogP contribution in [0.15, 0.2) is 42.7 Å². The molecule has 1 aromatic carbocycles. The van der Waals surface area contributed by atoms with Crippen LogP contribution in [-0.2, 0) is 4.74 Å². The van der Waals surface area contributed by atoms with Crippen LogP contribution in [0.1, 0.15) is 24.3 Å². The van der Waals surface area contributed by atoms with Crippen LogP contribution in [0, 0.1) is 0 Å². The molecule has 9 heteroatoms. The lowest BCUT2D eigenvalue weighted by molar-refractivity contribution is -0.0588. The van der Waals surface area contributed by atoms with Gasteiger partial charge in [0.05, 0.1) is 27.9 Å². The quantitative estimate of drug-likeness (QED) is 0.537. The lowest BCUT2D eigenvalue weighted by Gasteiger charge is -2.35. The number of carbonyl (C=O) groups excluding carboxylic acids is 1. The Morgan fingerprint density at radius 3 is 2.37 bits per heavy atom. The average molecular weight is 466 g/mol. The van der Waals surface area contributed by atoms with Gasteiger partial charge in [0.15, 0.2) is 0 Å². The molecule has 2 unspecified atom stereocenters. The summed E-state index contributed by atoms with van der Waals surface area (Å²) >= 11 is 19.0. The van der Waals surface area contributed by atoms with Gasteiger partial charge in [-0.1, -0.05) is 34.8 Å². The predicted octanol–water partition coefficient (Wildman–Crippen LogP) is 5.14. The van der Waals surface area contributed by atoms with E-state index in [2.05, 4.69) is 10.1 Å². The molecule has 3 heterocycles. The summed E-state index contributed by atoms with van der Waals surface area (Å²) in [6.45, 7) is 4.86. The Morgan fingerprint density at radius 2 is 1.77 bits per heavy atom. The maximum Gasteiger partial charge on any atom is 0.272 e. The van der Waals surface area contributed by atoms with Crippen molar-refractivity contribution in [3.8, 4) is 16.9 Å². The van der Waals surface area contributed by atoms with E-state index in [9.17, 15) is 4.79 Å². The van der Waals surface area contributed by atoms with Gasteiger partial charge in [-0.3, -0.25) is 9.78 Å². The molecule has 3 aromatic rings. The van der Waals surface area contributed by atoms with Crippen LogP contribution in [0.3, 0.4) is 0 Å². The Labute approximate surface area is 189 Å². The van der Waals surface area contributed by atoms with Crippen LogP contribution >= 0.6 is 34.8 Å². The van der Waals surface area contributed by atoms with Crippen LogP contribution in [0.25, 0.3) is 16.9 Å². The molecule has 1 saturated heterocycles. The molecule has 2 atom stereocenters. The third-order valence-electron chi connectivity index (χ3n) is 4.79. The van der Waals surface area contributed by atoms with Gasteiger partial charge in [-0.25, -0.2) is 4.68 Å². The molecule has 0 spiro atoms. The van der Waals surface area contributed by atoms with E-state index < -0.39 is 0 Å². The van der Waals surface area contributed by atoms with Crippen LogP contribution in [0.4, 0.5) is 0 Å². The molecule has 6 nitrogen and oxygen atoms in total. The Hall–Kier alpha value is -2.12. The number of nitrogens with zero attached hydrogens (tertiary/aromatic N) is 4. The monoisotopic (exact) mass is 464 g/mol. The van der Waals surface area contributed by atoms with E-state index in [0.29, 0.717) is 45.2 Å². The van der Waals surface area contributed by atoms with Crippen molar-refractivity contribution in [3.05, 3.63) is 63.5 Å². The number of hydrogen-bond acceptors (Lipinski definition) is 4. The number of rotatable bonds is 3. The van der Waals surface area contributed by atoms with Crippen molar-refractivity contribution in [1.82, 2.24) is 19.7 Å². The predicted molar refractivity (Wildman–Crippen MR) is 118 cm³/mol. The molecule has 2 aromatic heterocycles. The summed E-state index contributed by atoms with van der Waals surface area (Å²) in [7, 11) is 0. The lowest BCUT2D eigenvalue weighted by Crippen LogP contribution is -2.48. The fourth-order valence-corrected chi connectivity index (χ4v) is 4.58. The highest BCUT2D eigenvalue weighted by Gasteiger charge is 2.30. The number of hydrogen-bond donors (Lipinski definition) is 0. The van der Waals surface area contributed by atoms with E-state index in [1.807, 2.05) is 26.0 Å². The van der Waals surface area contributed by atoms with Crippen LogP contribution in [0.5, 0.6) is 0 Å². The number of carbonyl (C=O) groups is 1. The first kappa shape index (κ1) is 21.1. The molecule has 0 bridgehead atoms. The molecule has 0 aliphatic carbocycles. The van der Waals surface area contributed by atoms with Gasteiger partial charge in [0.1, 0.15) is 11.4 Å². The number of amides is 1. The summed E-state index contributed by atoms with van der Waals surface area (Å²) < 4.78 is 7.24.